The average Bonchev–Trinajstić information content (AvgIpc) is 3.36. The summed E-state index contributed by atoms with van der Waals surface area (Å²) in [7, 11) is 0. The molecule has 10 nitrogen and oxygen atoms in total. The maximum Gasteiger partial charge on any atom is 0.254 e. The number of unbranched alkanes of at least 4 members (excludes halogenated alkanes) is 2. The molecule has 3 rings (SSSR count). The zero-order valence-corrected chi connectivity index (χ0v) is 26.9. The van der Waals surface area contributed by atoms with E-state index in [-0.39, 0.29) is 30.3 Å². The highest BCUT2D eigenvalue weighted by atomic mass is 16.5. The van der Waals surface area contributed by atoms with Crippen LogP contribution in [0.2, 0.25) is 0 Å². The minimum absolute atomic E-state index is 0.00584. The molecule has 0 aromatic heterocycles. The van der Waals surface area contributed by atoms with Crippen molar-refractivity contribution in [1.82, 2.24) is 10.2 Å². The maximum atomic E-state index is 12.8. The van der Waals surface area contributed by atoms with Crippen LogP contribution >= 0.6 is 0 Å². The molecule has 0 radical (unpaired) electrons. The molecule has 1 aliphatic rings. The van der Waals surface area contributed by atoms with Crippen molar-refractivity contribution < 1.29 is 28.6 Å². The normalized spacial score (nSPS) is 13.4. The van der Waals surface area contributed by atoms with Gasteiger partial charge in [-0.2, -0.15) is 0 Å². The Hall–Kier alpha value is -3.47. The number of amides is 3. The summed E-state index contributed by atoms with van der Waals surface area (Å²) in [6.45, 7) is 12.4. The number of benzene rings is 2. The molecule has 0 bridgehead atoms. The molecule has 1 heterocycles. The fourth-order valence-electron chi connectivity index (χ4n) is 4.74. The Morgan fingerprint density at radius 1 is 0.977 bits per heavy atom. The molecule has 0 aliphatic carbocycles. The van der Waals surface area contributed by atoms with Gasteiger partial charge in [0.15, 0.2) is 0 Å². The van der Waals surface area contributed by atoms with Gasteiger partial charge in [0, 0.05) is 62.7 Å². The number of hydrogen-bond acceptors (Lipinski definition) is 8. The largest absolute Gasteiger partial charge is 0.494 e. The second-order valence-electron chi connectivity index (χ2n) is 10.7. The first kappa shape index (κ1) is 36.7. The quantitative estimate of drug-likeness (QED) is 0.129. The third kappa shape index (κ3) is 13.0. The first-order valence-corrected chi connectivity index (χ1v) is 15.9. The first-order valence-electron chi connectivity index (χ1n) is 15.9. The molecule has 244 valence electrons. The number of ether oxygens (including phenoxy) is 3. The number of hydrogen-bond donors (Lipinski definition) is 3. The van der Waals surface area contributed by atoms with E-state index in [9.17, 15) is 14.4 Å². The Bertz CT molecular complexity index is 1140. The monoisotopic (exact) mass is 612 g/mol. The van der Waals surface area contributed by atoms with Crippen molar-refractivity contribution in [3.8, 4) is 5.75 Å². The summed E-state index contributed by atoms with van der Waals surface area (Å²) in [5.74, 6) is 0.505. The number of carbonyl (C=O) groups is 3. The zero-order valence-electron chi connectivity index (χ0n) is 26.9. The lowest BCUT2D eigenvalue weighted by molar-refractivity contribution is -0.125. The Labute approximate surface area is 263 Å². The lowest BCUT2D eigenvalue weighted by Crippen LogP contribution is -2.34. The molecule has 2 atom stereocenters. The number of nitrogens with one attached hydrogen (secondary N) is 2. The van der Waals surface area contributed by atoms with E-state index in [1.165, 1.54) is 0 Å². The lowest BCUT2D eigenvalue weighted by Gasteiger charge is -2.23. The van der Waals surface area contributed by atoms with Crippen molar-refractivity contribution in [2.75, 3.05) is 44.9 Å². The molecule has 0 fully saturated rings. The predicted octanol–water partition coefficient (Wildman–Crippen LogP) is 5.21. The molecule has 0 spiro atoms. The van der Waals surface area contributed by atoms with Crippen LogP contribution in [-0.2, 0) is 25.6 Å². The van der Waals surface area contributed by atoms with Gasteiger partial charge in [-0.15, -0.1) is 0 Å². The number of fused-ring (bicyclic) bond motifs is 1. The third-order valence-corrected chi connectivity index (χ3v) is 7.22. The number of rotatable bonds is 21. The summed E-state index contributed by atoms with van der Waals surface area (Å²) < 4.78 is 17.3. The molecule has 44 heavy (non-hydrogen) atoms. The van der Waals surface area contributed by atoms with E-state index in [1.54, 1.807) is 4.90 Å². The minimum Gasteiger partial charge on any atom is -0.494 e. The summed E-state index contributed by atoms with van der Waals surface area (Å²) in [6.07, 6.45) is 4.98. The van der Waals surface area contributed by atoms with Crippen LogP contribution in [0.1, 0.15) is 93.7 Å². The van der Waals surface area contributed by atoms with Gasteiger partial charge in [0.05, 0.1) is 13.2 Å². The smallest absolute Gasteiger partial charge is 0.254 e. The van der Waals surface area contributed by atoms with Gasteiger partial charge in [-0.05, 0) is 87.4 Å². The number of anilines is 1. The van der Waals surface area contributed by atoms with Gasteiger partial charge < -0.3 is 30.2 Å². The highest BCUT2D eigenvalue weighted by Gasteiger charge is 2.30. The molecule has 0 saturated heterocycles. The summed E-state index contributed by atoms with van der Waals surface area (Å²) in [6, 6.07) is 13.6. The van der Waals surface area contributed by atoms with Crippen LogP contribution < -0.4 is 21.1 Å². The molecule has 2 aromatic rings. The van der Waals surface area contributed by atoms with Gasteiger partial charge in [0.2, 0.25) is 12.3 Å². The Balaban J connectivity index is 0.00000330. The summed E-state index contributed by atoms with van der Waals surface area (Å²) in [4.78, 5) is 36.5. The first-order chi connectivity index (χ1) is 21.4. The van der Waals surface area contributed by atoms with Crippen LogP contribution in [0.25, 0.3) is 0 Å². The van der Waals surface area contributed by atoms with Crippen molar-refractivity contribution in [3.05, 3.63) is 59.2 Å². The van der Waals surface area contributed by atoms with Crippen LogP contribution in [0.5, 0.6) is 5.75 Å². The standard InChI is InChI=1S/C32H46N4O6.C2H6/c1-24(10-13-31(38)35-23-37)36-22-27-20-28(11-12-30(27)32(36)39)34-14-19-41-17-7-16-40-15-4-3-5-18-42-29-9-6-8-26(21-29)25(2)33;1-2/h6,8-9,11-12,20-21,23-25,34H,3-5,7,10,13-19,22,33H2,1-2H3,(H,35,37,38);1-2H3. The second-order valence-corrected chi connectivity index (χ2v) is 10.7. The van der Waals surface area contributed by atoms with E-state index in [4.69, 9.17) is 19.9 Å². The fraction of sp³-hybridized carbons (Fsp3) is 0.559. The van der Waals surface area contributed by atoms with Gasteiger partial charge >= 0.3 is 0 Å². The van der Waals surface area contributed by atoms with E-state index in [2.05, 4.69) is 10.6 Å². The van der Waals surface area contributed by atoms with E-state index in [0.717, 1.165) is 54.9 Å². The average molecular weight is 613 g/mol. The van der Waals surface area contributed by atoms with Gasteiger partial charge in [0.25, 0.3) is 5.91 Å². The summed E-state index contributed by atoms with van der Waals surface area (Å²) in [5, 5.41) is 5.49. The van der Waals surface area contributed by atoms with Gasteiger partial charge in [-0.25, -0.2) is 0 Å². The zero-order chi connectivity index (χ0) is 32.2. The maximum absolute atomic E-state index is 12.8. The van der Waals surface area contributed by atoms with Crippen molar-refractivity contribution in [3.63, 3.8) is 0 Å². The number of imide groups is 1. The molecule has 1 aliphatic heterocycles. The second kappa shape index (κ2) is 21.3. The highest BCUT2D eigenvalue weighted by Crippen LogP contribution is 2.28. The van der Waals surface area contributed by atoms with Crippen LogP contribution in [0.4, 0.5) is 5.69 Å². The van der Waals surface area contributed by atoms with Gasteiger partial charge in [-0.3, -0.25) is 19.7 Å². The topological polar surface area (TPSA) is 132 Å². The third-order valence-electron chi connectivity index (χ3n) is 7.22. The summed E-state index contributed by atoms with van der Waals surface area (Å²) in [5.41, 5.74) is 9.60. The fourth-order valence-corrected chi connectivity index (χ4v) is 4.74. The highest BCUT2D eigenvalue weighted by molar-refractivity contribution is 5.99. The molecule has 4 N–H and O–H groups in total. The Kier molecular flexibility index (Phi) is 17.7. The molecule has 3 amide bonds. The van der Waals surface area contributed by atoms with Crippen molar-refractivity contribution >= 4 is 23.9 Å². The van der Waals surface area contributed by atoms with E-state index in [1.807, 2.05) is 70.2 Å². The SMILES string of the molecule is CC.CC(N)c1cccc(OCCCCCOCCCOCCNc2ccc3c(c2)CN(C(C)CCC(=O)NC=O)C3=O)c1. The van der Waals surface area contributed by atoms with Gasteiger partial charge in [0.1, 0.15) is 5.75 Å². The van der Waals surface area contributed by atoms with Crippen molar-refractivity contribution in [2.24, 2.45) is 5.73 Å². The number of nitrogens with two attached hydrogens (primary N) is 1. The number of nitrogens with zero attached hydrogens (tertiary/aromatic N) is 1. The molecule has 2 aromatic carbocycles. The molecule has 10 heteroatoms. The summed E-state index contributed by atoms with van der Waals surface area (Å²) >= 11 is 0. The van der Waals surface area contributed by atoms with E-state index in [0.29, 0.717) is 57.9 Å². The Morgan fingerprint density at radius 3 is 2.45 bits per heavy atom. The molecular weight excluding hydrogens is 560 g/mol. The van der Waals surface area contributed by atoms with Crippen LogP contribution in [0, 0.1) is 0 Å². The van der Waals surface area contributed by atoms with E-state index >= 15 is 0 Å². The van der Waals surface area contributed by atoms with Crippen LogP contribution in [0.15, 0.2) is 42.5 Å². The van der Waals surface area contributed by atoms with Crippen molar-refractivity contribution in [2.45, 2.75) is 84.8 Å². The predicted molar refractivity (Wildman–Crippen MR) is 174 cm³/mol. The molecular formula is C34H52N4O6. The molecule has 0 saturated carbocycles. The van der Waals surface area contributed by atoms with Crippen molar-refractivity contribution in [1.29, 1.82) is 0 Å². The Morgan fingerprint density at radius 2 is 1.70 bits per heavy atom. The molecule has 2 unspecified atom stereocenters. The minimum atomic E-state index is -0.337. The van der Waals surface area contributed by atoms with Crippen LogP contribution in [0.3, 0.4) is 0 Å². The van der Waals surface area contributed by atoms with Gasteiger partial charge in [-0.1, -0.05) is 26.0 Å². The van der Waals surface area contributed by atoms with E-state index < -0.39 is 0 Å². The number of carbonyl (C=O) groups excluding carboxylic acids is 3. The van der Waals surface area contributed by atoms with Crippen LogP contribution in [-0.4, -0.2) is 68.7 Å². The lowest BCUT2D eigenvalue weighted by atomic mass is 10.1.